The summed E-state index contributed by atoms with van der Waals surface area (Å²) in [6, 6.07) is 6.95. The molecule has 6 heteroatoms. The average Bonchev–Trinajstić information content (AvgIpc) is 2.75. The predicted molar refractivity (Wildman–Crippen MR) is 91.4 cm³/mol. The van der Waals surface area contributed by atoms with Crippen LogP contribution in [-0.4, -0.2) is 27.8 Å². The molecular formula is C17H19ClO4S. The first-order valence-corrected chi connectivity index (χ1v) is 9.36. The smallest absolute Gasteiger partial charge is 0.307 e. The highest BCUT2D eigenvalue weighted by Gasteiger charge is 2.39. The van der Waals surface area contributed by atoms with Crippen molar-refractivity contribution in [3.8, 4) is 0 Å². The lowest BCUT2D eigenvalue weighted by Gasteiger charge is -2.14. The Morgan fingerprint density at radius 2 is 2.13 bits per heavy atom. The Morgan fingerprint density at radius 1 is 1.43 bits per heavy atom. The van der Waals surface area contributed by atoms with Crippen LogP contribution in [0.3, 0.4) is 0 Å². The quantitative estimate of drug-likeness (QED) is 0.580. The Bertz CT molecular complexity index is 641. The molecule has 0 N–H and O–H groups in total. The van der Waals surface area contributed by atoms with Crippen LogP contribution in [0.25, 0.3) is 5.57 Å². The van der Waals surface area contributed by atoms with Crippen LogP contribution in [0.1, 0.15) is 32.3 Å². The Morgan fingerprint density at radius 3 is 2.74 bits per heavy atom. The molecule has 4 nitrogen and oxygen atoms in total. The van der Waals surface area contributed by atoms with Crippen molar-refractivity contribution >= 4 is 40.1 Å². The summed E-state index contributed by atoms with van der Waals surface area (Å²) < 4.78 is 17.2. The van der Waals surface area contributed by atoms with Gasteiger partial charge in [-0.3, -0.25) is 9.59 Å². The molecular weight excluding hydrogens is 336 g/mol. The molecule has 0 saturated heterocycles. The summed E-state index contributed by atoms with van der Waals surface area (Å²) in [6.45, 7) is 3.25. The van der Waals surface area contributed by atoms with Crippen molar-refractivity contribution in [1.29, 1.82) is 0 Å². The van der Waals surface area contributed by atoms with Gasteiger partial charge in [-0.2, -0.15) is 0 Å². The highest BCUT2D eigenvalue weighted by Crippen LogP contribution is 2.39. The van der Waals surface area contributed by atoms with E-state index in [1.807, 2.05) is 6.92 Å². The average molecular weight is 355 g/mol. The number of esters is 1. The third kappa shape index (κ3) is 4.37. The summed E-state index contributed by atoms with van der Waals surface area (Å²) in [5.41, 5.74) is 0.892. The van der Waals surface area contributed by atoms with Crippen LogP contribution in [0.15, 0.2) is 30.0 Å². The highest BCUT2D eigenvalue weighted by atomic mass is 35.5. The lowest BCUT2D eigenvalue weighted by molar-refractivity contribution is -0.137. The first-order chi connectivity index (χ1) is 10.9. The van der Waals surface area contributed by atoms with Crippen molar-refractivity contribution in [3.05, 3.63) is 40.6 Å². The summed E-state index contributed by atoms with van der Waals surface area (Å²) in [5.74, 6) is 0.114. The third-order valence-corrected chi connectivity index (χ3v) is 5.52. The number of carbonyl (C=O) groups is 2. The van der Waals surface area contributed by atoms with Gasteiger partial charge in [0.15, 0.2) is 5.78 Å². The Kier molecular flexibility index (Phi) is 6.27. The number of carbonyl (C=O) groups excluding carboxylic acids is 2. The minimum absolute atomic E-state index is 0.154. The SMILES string of the molecule is CCC[S+]([O-])CC1CC(OC(C)=O)=C(c2ccccc2Cl)C1=O. The number of ether oxygens (including phenoxy) is 1. The maximum atomic E-state index is 12.7. The second kappa shape index (κ2) is 7.99. The number of hydrogen-bond acceptors (Lipinski definition) is 4. The first kappa shape index (κ1) is 18.0. The Hall–Kier alpha value is -1.30. The Labute approximate surface area is 144 Å². The molecule has 0 radical (unpaired) electrons. The molecule has 0 aromatic heterocycles. The summed E-state index contributed by atoms with van der Waals surface area (Å²) in [4.78, 5) is 24.1. The van der Waals surface area contributed by atoms with Gasteiger partial charge >= 0.3 is 5.97 Å². The summed E-state index contributed by atoms with van der Waals surface area (Å²) in [7, 11) is 0. The predicted octanol–water partition coefficient (Wildman–Crippen LogP) is 3.36. The molecule has 2 atom stereocenters. The summed E-state index contributed by atoms with van der Waals surface area (Å²) in [6.07, 6.45) is 1.09. The molecule has 2 unspecified atom stereocenters. The van der Waals surface area contributed by atoms with Gasteiger partial charge < -0.3 is 9.29 Å². The molecule has 2 rings (SSSR count). The largest absolute Gasteiger partial charge is 0.616 e. The van der Waals surface area contributed by atoms with Gasteiger partial charge in [0, 0.05) is 23.9 Å². The lowest BCUT2D eigenvalue weighted by Crippen LogP contribution is -2.23. The van der Waals surface area contributed by atoms with E-state index in [1.54, 1.807) is 24.3 Å². The lowest BCUT2D eigenvalue weighted by atomic mass is 10.0. The number of benzene rings is 1. The second-order valence-corrected chi connectivity index (χ2v) is 7.48. The maximum absolute atomic E-state index is 12.7. The zero-order chi connectivity index (χ0) is 17.0. The van der Waals surface area contributed by atoms with Gasteiger partial charge in [-0.25, -0.2) is 0 Å². The molecule has 0 bridgehead atoms. The number of rotatable bonds is 6. The summed E-state index contributed by atoms with van der Waals surface area (Å²) in [5, 5.41) is 0.427. The standard InChI is InChI=1S/C17H19ClO4S/c1-3-8-23(21)10-12-9-15(22-11(2)19)16(17(12)20)13-6-4-5-7-14(13)18/h4-7,12H,3,8-10H2,1-2H3. The van der Waals surface area contributed by atoms with Crippen LogP contribution >= 0.6 is 11.6 Å². The van der Waals surface area contributed by atoms with Gasteiger partial charge in [-0.15, -0.1) is 0 Å². The summed E-state index contributed by atoms with van der Waals surface area (Å²) >= 11 is 5.13. The number of ketones is 1. The Balaban J connectivity index is 2.32. The van der Waals surface area contributed by atoms with Crippen molar-refractivity contribution in [3.63, 3.8) is 0 Å². The van der Waals surface area contributed by atoms with E-state index in [-0.39, 0.29) is 18.0 Å². The van der Waals surface area contributed by atoms with Gasteiger partial charge in [0.25, 0.3) is 0 Å². The number of allylic oxidation sites excluding steroid dienone is 2. The molecule has 0 spiro atoms. The van der Waals surface area contributed by atoms with E-state index < -0.39 is 23.1 Å². The van der Waals surface area contributed by atoms with Gasteiger partial charge in [-0.1, -0.05) is 47.9 Å². The molecule has 0 amide bonds. The van der Waals surface area contributed by atoms with Crippen LogP contribution in [0.4, 0.5) is 0 Å². The van der Waals surface area contributed by atoms with Gasteiger partial charge in [-0.05, 0) is 12.5 Å². The van der Waals surface area contributed by atoms with E-state index >= 15 is 0 Å². The van der Waals surface area contributed by atoms with Crippen molar-refractivity contribution in [2.24, 2.45) is 5.92 Å². The number of hydrogen-bond donors (Lipinski definition) is 0. The minimum atomic E-state index is -1.06. The molecule has 0 heterocycles. The van der Waals surface area contributed by atoms with E-state index in [2.05, 4.69) is 0 Å². The fourth-order valence-electron chi connectivity index (χ4n) is 2.64. The second-order valence-electron chi connectivity index (χ2n) is 5.45. The fraction of sp³-hybridized carbons (Fsp3) is 0.412. The molecule has 124 valence electrons. The van der Waals surface area contributed by atoms with E-state index in [1.165, 1.54) is 6.92 Å². The molecule has 23 heavy (non-hydrogen) atoms. The first-order valence-electron chi connectivity index (χ1n) is 7.49. The monoisotopic (exact) mass is 354 g/mol. The highest BCUT2D eigenvalue weighted by molar-refractivity contribution is 7.91. The van der Waals surface area contributed by atoms with Crippen LogP contribution in [0.2, 0.25) is 5.02 Å². The number of halogens is 1. The fourth-order valence-corrected chi connectivity index (χ4v) is 4.21. The van der Waals surface area contributed by atoms with Crippen LogP contribution in [-0.2, 0) is 25.5 Å². The van der Waals surface area contributed by atoms with Gasteiger partial charge in [0.05, 0.1) is 11.5 Å². The van der Waals surface area contributed by atoms with Crippen LogP contribution < -0.4 is 0 Å². The molecule has 0 saturated carbocycles. The number of Topliss-reactive ketones (excluding diaryl/α,β-unsaturated/α-hetero) is 1. The van der Waals surface area contributed by atoms with E-state index in [0.717, 1.165) is 6.42 Å². The van der Waals surface area contributed by atoms with Crippen molar-refractivity contribution in [1.82, 2.24) is 0 Å². The van der Waals surface area contributed by atoms with Crippen molar-refractivity contribution in [2.75, 3.05) is 11.5 Å². The van der Waals surface area contributed by atoms with Gasteiger partial charge in [0.2, 0.25) is 0 Å². The van der Waals surface area contributed by atoms with Crippen molar-refractivity contribution in [2.45, 2.75) is 26.7 Å². The normalized spacial score (nSPS) is 19.1. The van der Waals surface area contributed by atoms with Crippen LogP contribution in [0.5, 0.6) is 0 Å². The van der Waals surface area contributed by atoms with E-state index in [4.69, 9.17) is 16.3 Å². The molecule has 0 aliphatic heterocycles. The maximum Gasteiger partial charge on any atom is 0.307 e. The zero-order valence-corrected chi connectivity index (χ0v) is 14.7. The van der Waals surface area contributed by atoms with E-state index in [9.17, 15) is 14.1 Å². The molecule has 1 aliphatic rings. The van der Waals surface area contributed by atoms with Gasteiger partial charge in [0.1, 0.15) is 17.3 Å². The topological polar surface area (TPSA) is 66.4 Å². The molecule has 0 fully saturated rings. The zero-order valence-electron chi connectivity index (χ0n) is 13.1. The third-order valence-electron chi connectivity index (χ3n) is 3.56. The molecule has 1 aromatic carbocycles. The van der Waals surface area contributed by atoms with E-state index in [0.29, 0.717) is 27.7 Å². The molecule has 1 aromatic rings. The minimum Gasteiger partial charge on any atom is -0.616 e. The molecule has 1 aliphatic carbocycles. The van der Waals surface area contributed by atoms with Crippen molar-refractivity contribution < 1.29 is 18.9 Å². The van der Waals surface area contributed by atoms with Crippen LogP contribution in [0, 0.1) is 5.92 Å².